The molecule has 2 aromatic rings. The summed E-state index contributed by atoms with van der Waals surface area (Å²) in [5, 5.41) is 3.46. The van der Waals surface area contributed by atoms with Crippen LogP contribution >= 0.6 is 11.3 Å². The van der Waals surface area contributed by atoms with Crippen LogP contribution in [-0.4, -0.2) is 25.6 Å². The molecule has 1 N–H and O–H groups in total. The molecular formula is C19H21NO4S. The van der Waals surface area contributed by atoms with Crippen LogP contribution in [0.3, 0.4) is 0 Å². The van der Waals surface area contributed by atoms with E-state index in [1.54, 1.807) is 18.2 Å². The van der Waals surface area contributed by atoms with E-state index in [0.717, 1.165) is 31.2 Å². The molecule has 1 aromatic heterocycles. The molecule has 1 aliphatic carbocycles. The molecule has 1 amide bonds. The van der Waals surface area contributed by atoms with Crippen molar-refractivity contribution < 1.29 is 19.1 Å². The highest BCUT2D eigenvalue weighted by Crippen LogP contribution is 2.39. The first-order valence-corrected chi connectivity index (χ1v) is 9.23. The van der Waals surface area contributed by atoms with Crippen LogP contribution in [0.1, 0.15) is 50.9 Å². The number of esters is 1. The first kappa shape index (κ1) is 17.5. The highest BCUT2D eigenvalue weighted by atomic mass is 32.1. The van der Waals surface area contributed by atoms with E-state index in [2.05, 4.69) is 5.32 Å². The van der Waals surface area contributed by atoms with Gasteiger partial charge in [0.2, 0.25) is 0 Å². The van der Waals surface area contributed by atoms with Gasteiger partial charge in [0, 0.05) is 4.88 Å². The molecule has 0 saturated heterocycles. The number of fused-ring (bicyclic) bond motifs is 1. The van der Waals surface area contributed by atoms with Crippen molar-refractivity contribution in [1.29, 1.82) is 0 Å². The number of carbonyl (C=O) groups excluding carboxylic acids is 2. The third kappa shape index (κ3) is 3.54. The van der Waals surface area contributed by atoms with Gasteiger partial charge in [-0.2, -0.15) is 0 Å². The maximum atomic E-state index is 12.7. The van der Waals surface area contributed by atoms with Gasteiger partial charge >= 0.3 is 5.97 Å². The number of para-hydroxylation sites is 1. The van der Waals surface area contributed by atoms with Crippen molar-refractivity contribution in [3.8, 4) is 5.75 Å². The van der Waals surface area contributed by atoms with Crippen molar-refractivity contribution in [2.45, 2.75) is 32.6 Å². The lowest BCUT2D eigenvalue weighted by Crippen LogP contribution is -2.16. The monoisotopic (exact) mass is 359 g/mol. The lowest BCUT2D eigenvalue weighted by molar-refractivity contribution is 0.0601. The predicted octanol–water partition coefficient (Wildman–Crippen LogP) is 4.06. The number of rotatable bonds is 5. The number of thiophene rings is 1. The summed E-state index contributed by atoms with van der Waals surface area (Å²) in [6, 6.07) is 7.09. The Morgan fingerprint density at radius 2 is 1.96 bits per heavy atom. The van der Waals surface area contributed by atoms with E-state index in [9.17, 15) is 9.59 Å². The van der Waals surface area contributed by atoms with Crippen molar-refractivity contribution in [1.82, 2.24) is 0 Å². The average Bonchev–Trinajstić information content (AvgIpc) is 2.99. The lowest BCUT2D eigenvalue weighted by atomic mass is 9.95. The van der Waals surface area contributed by atoms with Crippen LogP contribution in [0.5, 0.6) is 5.75 Å². The number of benzene rings is 1. The Balaban J connectivity index is 1.94. The summed E-state index contributed by atoms with van der Waals surface area (Å²) in [5.41, 5.74) is 1.98. The molecule has 3 rings (SSSR count). The van der Waals surface area contributed by atoms with Crippen LogP contribution < -0.4 is 10.1 Å². The normalized spacial score (nSPS) is 13.0. The largest absolute Gasteiger partial charge is 0.493 e. The first-order chi connectivity index (χ1) is 12.2. The Bertz CT molecular complexity index is 797. The summed E-state index contributed by atoms with van der Waals surface area (Å²) in [6.07, 6.45) is 3.94. The minimum Gasteiger partial charge on any atom is -0.493 e. The van der Waals surface area contributed by atoms with E-state index in [1.165, 1.54) is 23.3 Å². The molecule has 1 heterocycles. The van der Waals surface area contributed by atoms with Crippen molar-refractivity contribution in [2.75, 3.05) is 19.0 Å². The second-order valence-electron chi connectivity index (χ2n) is 5.79. The van der Waals surface area contributed by atoms with Crippen LogP contribution in [0, 0.1) is 0 Å². The number of amides is 1. The first-order valence-electron chi connectivity index (χ1n) is 8.41. The summed E-state index contributed by atoms with van der Waals surface area (Å²) < 4.78 is 10.5. The van der Waals surface area contributed by atoms with Gasteiger partial charge < -0.3 is 14.8 Å². The second-order valence-corrected chi connectivity index (χ2v) is 6.90. The molecule has 0 radical (unpaired) electrons. The van der Waals surface area contributed by atoms with Gasteiger partial charge in [-0.25, -0.2) is 4.79 Å². The van der Waals surface area contributed by atoms with Crippen LogP contribution in [-0.2, 0) is 17.6 Å². The molecule has 0 atom stereocenters. The van der Waals surface area contributed by atoms with Gasteiger partial charge in [-0.05, 0) is 50.3 Å². The van der Waals surface area contributed by atoms with Crippen molar-refractivity contribution >= 4 is 28.2 Å². The highest BCUT2D eigenvalue weighted by Gasteiger charge is 2.27. The minimum atomic E-state index is -0.396. The Morgan fingerprint density at radius 3 is 2.72 bits per heavy atom. The molecule has 1 aliphatic rings. The van der Waals surface area contributed by atoms with Crippen molar-refractivity contribution in [3.05, 3.63) is 45.8 Å². The Labute approximate surface area is 151 Å². The molecule has 0 saturated carbocycles. The van der Waals surface area contributed by atoms with Gasteiger partial charge in [0.05, 0.1) is 24.8 Å². The topological polar surface area (TPSA) is 64.6 Å². The molecule has 25 heavy (non-hydrogen) atoms. The van der Waals surface area contributed by atoms with Crippen molar-refractivity contribution in [3.63, 3.8) is 0 Å². The molecule has 0 bridgehead atoms. The molecule has 6 heteroatoms. The molecule has 0 spiro atoms. The summed E-state index contributed by atoms with van der Waals surface area (Å²) in [6.45, 7) is 2.35. The molecule has 132 valence electrons. The number of nitrogens with one attached hydrogen (secondary N) is 1. The number of carbonyl (C=O) groups is 2. The number of aryl methyl sites for hydroxylation is 1. The molecule has 1 aromatic carbocycles. The zero-order valence-electron chi connectivity index (χ0n) is 14.4. The van der Waals surface area contributed by atoms with Crippen molar-refractivity contribution in [2.24, 2.45) is 0 Å². The molecular weight excluding hydrogens is 338 g/mol. The molecule has 0 fully saturated rings. The molecule has 0 unspecified atom stereocenters. The molecule has 0 aliphatic heterocycles. The molecule has 5 nitrogen and oxygen atoms in total. The van der Waals surface area contributed by atoms with Crippen LogP contribution in [0.25, 0.3) is 0 Å². The standard InChI is InChI=1S/C19H21NO4S/c1-3-24-14-10-6-4-8-12(14)17(21)20-18-16(19(22)23-2)13-9-5-7-11-15(13)25-18/h4,6,8,10H,3,5,7,9,11H2,1-2H3,(H,20,21). The predicted molar refractivity (Wildman–Crippen MR) is 97.9 cm³/mol. The minimum absolute atomic E-state index is 0.284. The fourth-order valence-corrected chi connectivity index (χ4v) is 4.35. The maximum absolute atomic E-state index is 12.7. The fourth-order valence-electron chi connectivity index (χ4n) is 3.08. The van der Waals surface area contributed by atoms with Gasteiger partial charge in [0.15, 0.2) is 0 Å². The van der Waals surface area contributed by atoms with E-state index in [4.69, 9.17) is 9.47 Å². The van der Waals surface area contributed by atoms with E-state index in [1.807, 2.05) is 13.0 Å². The summed E-state index contributed by atoms with van der Waals surface area (Å²) in [5.74, 6) is -0.149. The Kier molecular flexibility index (Phi) is 5.38. The number of anilines is 1. The zero-order chi connectivity index (χ0) is 17.8. The van der Waals surface area contributed by atoms with Gasteiger partial charge in [-0.3, -0.25) is 4.79 Å². The highest BCUT2D eigenvalue weighted by molar-refractivity contribution is 7.17. The Morgan fingerprint density at radius 1 is 1.20 bits per heavy atom. The zero-order valence-corrected chi connectivity index (χ0v) is 15.2. The average molecular weight is 359 g/mol. The third-order valence-corrected chi connectivity index (χ3v) is 5.43. The quantitative estimate of drug-likeness (QED) is 0.818. The third-order valence-electron chi connectivity index (χ3n) is 4.22. The summed E-state index contributed by atoms with van der Waals surface area (Å²) >= 11 is 1.47. The van der Waals surface area contributed by atoms with Gasteiger partial charge in [-0.1, -0.05) is 12.1 Å². The van der Waals surface area contributed by atoms with Crippen LogP contribution in [0.15, 0.2) is 24.3 Å². The van der Waals surface area contributed by atoms with Gasteiger partial charge in [-0.15, -0.1) is 11.3 Å². The number of methoxy groups -OCH3 is 1. The van der Waals surface area contributed by atoms with Crippen LogP contribution in [0.2, 0.25) is 0 Å². The van der Waals surface area contributed by atoms with E-state index < -0.39 is 5.97 Å². The van der Waals surface area contributed by atoms with E-state index in [0.29, 0.717) is 28.5 Å². The van der Waals surface area contributed by atoms with Gasteiger partial charge in [0.25, 0.3) is 5.91 Å². The number of hydrogen-bond acceptors (Lipinski definition) is 5. The van der Waals surface area contributed by atoms with Crippen LogP contribution in [0.4, 0.5) is 5.00 Å². The smallest absolute Gasteiger partial charge is 0.341 e. The summed E-state index contributed by atoms with van der Waals surface area (Å²) in [7, 11) is 1.37. The number of ether oxygens (including phenoxy) is 2. The Hall–Kier alpha value is -2.34. The number of hydrogen-bond donors (Lipinski definition) is 1. The summed E-state index contributed by atoms with van der Waals surface area (Å²) in [4.78, 5) is 26.2. The second kappa shape index (κ2) is 7.70. The maximum Gasteiger partial charge on any atom is 0.341 e. The fraction of sp³-hybridized carbons (Fsp3) is 0.368. The SMILES string of the molecule is CCOc1ccccc1C(=O)Nc1sc2c(c1C(=O)OC)CCCC2. The lowest BCUT2D eigenvalue weighted by Gasteiger charge is -2.12. The van der Waals surface area contributed by atoms with E-state index in [-0.39, 0.29) is 5.91 Å². The van der Waals surface area contributed by atoms with Gasteiger partial charge in [0.1, 0.15) is 10.8 Å². The van der Waals surface area contributed by atoms with E-state index >= 15 is 0 Å².